The van der Waals surface area contributed by atoms with Gasteiger partial charge in [-0.3, -0.25) is 4.40 Å². The summed E-state index contributed by atoms with van der Waals surface area (Å²) in [5, 5.41) is 12.8. The van der Waals surface area contributed by atoms with E-state index in [-0.39, 0.29) is 0 Å². The Hall–Kier alpha value is -2.66. The summed E-state index contributed by atoms with van der Waals surface area (Å²) in [5.74, 6) is 1.81. The smallest absolute Gasteiger partial charge is 0.160 e. The van der Waals surface area contributed by atoms with E-state index in [2.05, 4.69) is 21.6 Å². The molecule has 3 aromatic heterocycles. The van der Waals surface area contributed by atoms with Crippen molar-refractivity contribution in [3.63, 3.8) is 0 Å². The van der Waals surface area contributed by atoms with Crippen LogP contribution in [-0.2, 0) is 13.1 Å². The van der Waals surface area contributed by atoms with Gasteiger partial charge < -0.3 is 9.73 Å². The van der Waals surface area contributed by atoms with Gasteiger partial charge in [0.05, 0.1) is 13.1 Å². The quantitative estimate of drug-likeness (QED) is 0.623. The van der Waals surface area contributed by atoms with Crippen LogP contribution in [0.2, 0.25) is 0 Å². The van der Waals surface area contributed by atoms with Crippen LogP contribution in [0.4, 0.5) is 0 Å². The van der Waals surface area contributed by atoms with Crippen molar-refractivity contribution in [2.75, 3.05) is 0 Å². The number of pyridine rings is 1. The zero-order valence-corrected chi connectivity index (χ0v) is 11.4. The molecule has 0 spiro atoms. The van der Waals surface area contributed by atoms with Gasteiger partial charge in [-0.05, 0) is 24.3 Å². The van der Waals surface area contributed by atoms with Crippen molar-refractivity contribution in [2.45, 2.75) is 13.1 Å². The van der Waals surface area contributed by atoms with Gasteiger partial charge in [-0.15, -0.1) is 10.2 Å². The molecule has 0 radical (unpaired) electrons. The highest BCUT2D eigenvalue weighted by Gasteiger charge is 2.06. The van der Waals surface area contributed by atoms with E-state index in [0.717, 1.165) is 28.2 Å². The summed E-state index contributed by atoms with van der Waals surface area (Å²) < 4.78 is 7.75. The van der Waals surface area contributed by atoms with Crippen molar-refractivity contribution in [1.29, 1.82) is 0 Å². The van der Waals surface area contributed by atoms with Crippen LogP contribution < -0.4 is 5.32 Å². The molecule has 104 valence electrons. The third kappa shape index (κ3) is 2.28. The second-order valence-corrected chi connectivity index (χ2v) is 4.90. The molecule has 0 atom stereocenters. The Morgan fingerprint density at radius 2 is 1.90 bits per heavy atom. The van der Waals surface area contributed by atoms with Gasteiger partial charge in [-0.25, -0.2) is 0 Å². The molecule has 5 nitrogen and oxygen atoms in total. The lowest BCUT2D eigenvalue weighted by Crippen LogP contribution is -2.14. The highest BCUT2D eigenvalue weighted by atomic mass is 16.3. The minimum atomic E-state index is 0.641. The number of furan rings is 1. The first-order valence-electron chi connectivity index (χ1n) is 6.87. The zero-order chi connectivity index (χ0) is 14.1. The van der Waals surface area contributed by atoms with Crippen LogP contribution in [0.3, 0.4) is 0 Å². The largest absolute Gasteiger partial charge is 0.460 e. The summed E-state index contributed by atoms with van der Waals surface area (Å²) in [4.78, 5) is 0. The van der Waals surface area contributed by atoms with Crippen molar-refractivity contribution < 1.29 is 4.42 Å². The first-order chi connectivity index (χ1) is 10.4. The number of fused-ring (bicyclic) bond motifs is 2. The van der Waals surface area contributed by atoms with E-state index in [1.807, 2.05) is 53.1 Å². The standard InChI is InChI=1S/C16H14N4O/c1-2-6-14-12(5-1)9-13(21-14)10-17-11-16-19-18-15-7-3-4-8-20(15)16/h1-9,17H,10-11H2. The van der Waals surface area contributed by atoms with Crippen molar-refractivity contribution in [2.24, 2.45) is 0 Å². The molecule has 21 heavy (non-hydrogen) atoms. The lowest BCUT2D eigenvalue weighted by Gasteiger charge is -2.01. The molecule has 0 unspecified atom stereocenters. The van der Waals surface area contributed by atoms with Gasteiger partial charge in [0.25, 0.3) is 0 Å². The van der Waals surface area contributed by atoms with Crippen molar-refractivity contribution in [3.8, 4) is 0 Å². The number of benzene rings is 1. The van der Waals surface area contributed by atoms with Crippen molar-refractivity contribution in [3.05, 3.63) is 66.3 Å². The maximum atomic E-state index is 5.77. The molecule has 0 amide bonds. The van der Waals surface area contributed by atoms with Gasteiger partial charge in [0.2, 0.25) is 0 Å². The van der Waals surface area contributed by atoms with E-state index in [1.165, 1.54) is 0 Å². The number of nitrogens with zero attached hydrogens (tertiary/aromatic N) is 3. The minimum Gasteiger partial charge on any atom is -0.460 e. The fraction of sp³-hybridized carbons (Fsp3) is 0.125. The second-order valence-electron chi connectivity index (χ2n) is 4.90. The Kier molecular flexibility index (Phi) is 2.90. The van der Waals surface area contributed by atoms with Crippen molar-refractivity contribution in [1.82, 2.24) is 19.9 Å². The first kappa shape index (κ1) is 12.1. The molecule has 0 bridgehead atoms. The van der Waals surface area contributed by atoms with E-state index in [1.54, 1.807) is 0 Å². The molecule has 0 saturated heterocycles. The number of rotatable bonds is 4. The Balaban J connectivity index is 1.47. The first-order valence-corrected chi connectivity index (χ1v) is 6.87. The van der Waals surface area contributed by atoms with Crippen LogP contribution in [0.15, 0.2) is 59.1 Å². The lowest BCUT2D eigenvalue weighted by molar-refractivity contribution is 0.509. The molecule has 0 aliphatic rings. The van der Waals surface area contributed by atoms with Crippen LogP contribution in [0.1, 0.15) is 11.6 Å². The molecular formula is C16H14N4O. The maximum Gasteiger partial charge on any atom is 0.160 e. The summed E-state index contributed by atoms with van der Waals surface area (Å²) in [6, 6.07) is 15.9. The predicted molar refractivity (Wildman–Crippen MR) is 79.7 cm³/mol. The zero-order valence-electron chi connectivity index (χ0n) is 11.4. The number of nitrogens with one attached hydrogen (secondary N) is 1. The maximum absolute atomic E-state index is 5.77. The van der Waals surface area contributed by atoms with Crippen LogP contribution in [0, 0.1) is 0 Å². The predicted octanol–water partition coefficient (Wildman–Crippen LogP) is 2.77. The van der Waals surface area contributed by atoms with Crippen LogP contribution in [0.25, 0.3) is 16.6 Å². The van der Waals surface area contributed by atoms with E-state index in [9.17, 15) is 0 Å². The van der Waals surface area contributed by atoms with E-state index >= 15 is 0 Å². The Morgan fingerprint density at radius 1 is 1.00 bits per heavy atom. The topological polar surface area (TPSA) is 55.4 Å². The van der Waals surface area contributed by atoms with Crippen LogP contribution in [-0.4, -0.2) is 14.6 Å². The van der Waals surface area contributed by atoms with E-state index < -0.39 is 0 Å². The van der Waals surface area contributed by atoms with Gasteiger partial charge in [-0.1, -0.05) is 24.3 Å². The molecule has 0 aliphatic heterocycles. The van der Waals surface area contributed by atoms with E-state index in [0.29, 0.717) is 13.1 Å². The number of hydrogen-bond donors (Lipinski definition) is 1. The SMILES string of the molecule is c1ccc2oc(CNCc3nnc4ccccn34)cc2c1. The van der Waals surface area contributed by atoms with Gasteiger partial charge in [0.15, 0.2) is 11.5 Å². The molecule has 0 saturated carbocycles. The Bertz CT molecular complexity index is 860. The molecule has 1 N–H and O–H groups in total. The number of para-hydroxylation sites is 1. The van der Waals surface area contributed by atoms with E-state index in [4.69, 9.17) is 4.42 Å². The normalized spacial score (nSPS) is 11.4. The highest BCUT2D eigenvalue weighted by Crippen LogP contribution is 2.18. The van der Waals surface area contributed by atoms with Gasteiger partial charge in [-0.2, -0.15) is 0 Å². The minimum absolute atomic E-state index is 0.641. The number of hydrogen-bond acceptors (Lipinski definition) is 4. The third-order valence-electron chi connectivity index (χ3n) is 3.44. The number of aromatic nitrogens is 3. The Labute approximate surface area is 121 Å². The molecule has 4 aromatic rings. The van der Waals surface area contributed by atoms with Gasteiger partial charge >= 0.3 is 0 Å². The summed E-state index contributed by atoms with van der Waals surface area (Å²) in [6.45, 7) is 1.30. The molecule has 5 heteroatoms. The fourth-order valence-electron chi connectivity index (χ4n) is 2.43. The van der Waals surface area contributed by atoms with Gasteiger partial charge in [0, 0.05) is 11.6 Å². The molecular weight excluding hydrogens is 264 g/mol. The molecule has 0 aliphatic carbocycles. The molecule has 1 aromatic carbocycles. The van der Waals surface area contributed by atoms with Gasteiger partial charge in [0.1, 0.15) is 11.3 Å². The highest BCUT2D eigenvalue weighted by molar-refractivity contribution is 5.77. The lowest BCUT2D eigenvalue weighted by atomic mass is 10.2. The van der Waals surface area contributed by atoms with Crippen LogP contribution in [0.5, 0.6) is 0 Å². The molecule has 0 fully saturated rings. The summed E-state index contributed by atoms with van der Waals surface area (Å²) >= 11 is 0. The summed E-state index contributed by atoms with van der Waals surface area (Å²) in [7, 11) is 0. The average molecular weight is 278 g/mol. The average Bonchev–Trinajstić information content (AvgIpc) is 3.11. The molecule has 3 heterocycles. The third-order valence-corrected chi connectivity index (χ3v) is 3.44. The van der Waals surface area contributed by atoms with Crippen LogP contribution >= 0.6 is 0 Å². The molecule has 4 rings (SSSR count). The fourth-order valence-corrected chi connectivity index (χ4v) is 2.43. The summed E-state index contributed by atoms with van der Waals surface area (Å²) in [5.41, 5.74) is 1.78. The monoisotopic (exact) mass is 278 g/mol. The Morgan fingerprint density at radius 3 is 2.86 bits per heavy atom. The van der Waals surface area contributed by atoms with Crippen molar-refractivity contribution >= 4 is 16.6 Å². The summed E-state index contributed by atoms with van der Waals surface area (Å²) in [6.07, 6.45) is 1.97. The second kappa shape index (κ2) is 5.03.